The van der Waals surface area contributed by atoms with Crippen LogP contribution in [0.25, 0.3) is 11.3 Å². The molecule has 1 aromatic heterocycles. The zero-order chi connectivity index (χ0) is 11.7. The average molecular weight is 298 g/mol. The van der Waals surface area contributed by atoms with Crippen LogP contribution in [0.2, 0.25) is 0 Å². The molecule has 0 unspecified atom stereocenters. The van der Waals surface area contributed by atoms with Gasteiger partial charge in [-0.2, -0.15) is 0 Å². The summed E-state index contributed by atoms with van der Waals surface area (Å²) in [5.41, 5.74) is 4.37. The fourth-order valence-electron chi connectivity index (χ4n) is 1.63. The molecule has 0 saturated heterocycles. The van der Waals surface area contributed by atoms with Crippen molar-refractivity contribution in [2.45, 2.75) is 20.5 Å². The predicted molar refractivity (Wildman–Crippen MR) is 70.6 cm³/mol. The molecular formula is C12H12BrNOS. The minimum atomic E-state index is 0.0337. The Kier molecular flexibility index (Phi) is 3.42. The van der Waals surface area contributed by atoms with E-state index in [1.807, 2.05) is 0 Å². The minimum absolute atomic E-state index is 0.0337. The van der Waals surface area contributed by atoms with Crippen molar-refractivity contribution in [2.75, 3.05) is 0 Å². The molecule has 2 rings (SSSR count). The zero-order valence-corrected chi connectivity index (χ0v) is 11.5. The molecule has 0 saturated carbocycles. The van der Waals surface area contributed by atoms with Crippen LogP contribution >= 0.6 is 27.3 Å². The summed E-state index contributed by atoms with van der Waals surface area (Å²) in [6, 6.07) is 6.27. The lowest BCUT2D eigenvalue weighted by atomic mass is 10.0. The molecule has 4 heteroatoms. The molecule has 84 valence electrons. The Morgan fingerprint density at radius 1 is 1.38 bits per heavy atom. The molecule has 1 heterocycles. The molecule has 0 aliphatic rings. The second kappa shape index (κ2) is 4.65. The Bertz CT molecular complexity index is 522. The summed E-state index contributed by atoms with van der Waals surface area (Å²) in [7, 11) is 0. The van der Waals surface area contributed by atoms with Gasteiger partial charge in [0, 0.05) is 5.56 Å². The SMILES string of the molecule is Cc1ccc(C)c(-c2nc(Br)sc2CO)c1. The standard InChI is InChI=1S/C12H12BrNOS/c1-7-3-4-8(2)9(5-7)11-10(6-15)16-12(13)14-11/h3-5,15H,6H2,1-2H3. The molecule has 0 amide bonds. The lowest BCUT2D eigenvalue weighted by Gasteiger charge is -2.05. The highest BCUT2D eigenvalue weighted by Crippen LogP contribution is 2.33. The number of nitrogens with zero attached hydrogens (tertiary/aromatic N) is 1. The van der Waals surface area contributed by atoms with E-state index in [9.17, 15) is 5.11 Å². The van der Waals surface area contributed by atoms with E-state index >= 15 is 0 Å². The molecule has 16 heavy (non-hydrogen) atoms. The largest absolute Gasteiger partial charge is 0.391 e. The van der Waals surface area contributed by atoms with Crippen molar-refractivity contribution in [1.82, 2.24) is 4.98 Å². The van der Waals surface area contributed by atoms with Crippen LogP contribution in [0.5, 0.6) is 0 Å². The molecular weight excluding hydrogens is 286 g/mol. The molecule has 0 aliphatic heterocycles. The maximum absolute atomic E-state index is 9.30. The highest BCUT2D eigenvalue weighted by atomic mass is 79.9. The van der Waals surface area contributed by atoms with Gasteiger partial charge in [-0.15, -0.1) is 11.3 Å². The molecule has 2 aromatic rings. The van der Waals surface area contributed by atoms with E-state index in [-0.39, 0.29) is 6.61 Å². The van der Waals surface area contributed by atoms with Crippen molar-refractivity contribution in [3.05, 3.63) is 38.1 Å². The zero-order valence-electron chi connectivity index (χ0n) is 9.12. The number of benzene rings is 1. The van der Waals surface area contributed by atoms with Crippen LogP contribution in [0.4, 0.5) is 0 Å². The van der Waals surface area contributed by atoms with E-state index in [0.717, 1.165) is 20.1 Å². The van der Waals surface area contributed by atoms with Crippen molar-refractivity contribution in [3.63, 3.8) is 0 Å². The third-order valence-electron chi connectivity index (χ3n) is 2.46. The average Bonchev–Trinajstić information content (AvgIpc) is 2.63. The van der Waals surface area contributed by atoms with Crippen LogP contribution in [-0.2, 0) is 6.61 Å². The van der Waals surface area contributed by atoms with E-state index in [4.69, 9.17) is 0 Å². The Morgan fingerprint density at radius 2 is 2.12 bits per heavy atom. The molecule has 0 aliphatic carbocycles. The molecule has 1 N–H and O–H groups in total. The minimum Gasteiger partial charge on any atom is -0.391 e. The van der Waals surface area contributed by atoms with Gasteiger partial charge in [-0.25, -0.2) is 4.98 Å². The molecule has 0 spiro atoms. The number of rotatable bonds is 2. The van der Waals surface area contributed by atoms with Gasteiger partial charge in [0.2, 0.25) is 0 Å². The summed E-state index contributed by atoms with van der Waals surface area (Å²) in [6.07, 6.45) is 0. The normalized spacial score (nSPS) is 10.8. The molecule has 0 radical (unpaired) electrons. The van der Waals surface area contributed by atoms with Gasteiger partial charge in [-0.1, -0.05) is 17.7 Å². The maximum Gasteiger partial charge on any atom is 0.160 e. The summed E-state index contributed by atoms with van der Waals surface area (Å²) in [5.74, 6) is 0. The van der Waals surface area contributed by atoms with Crippen LogP contribution in [0, 0.1) is 13.8 Å². The Labute approximate surface area is 107 Å². The highest BCUT2D eigenvalue weighted by Gasteiger charge is 2.13. The maximum atomic E-state index is 9.30. The molecule has 0 fully saturated rings. The predicted octanol–water partition coefficient (Wildman–Crippen LogP) is 3.68. The topological polar surface area (TPSA) is 33.1 Å². The first kappa shape index (κ1) is 11.8. The lowest BCUT2D eigenvalue weighted by Crippen LogP contribution is -1.89. The van der Waals surface area contributed by atoms with Crippen LogP contribution in [0.15, 0.2) is 22.1 Å². The van der Waals surface area contributed by atoms with Crippen LogP contribution in [0.3, 0.4) is 0 Å². The lowest BCUT2D eigenvalue weighted by molar-refractivity contribution is 0.286. The third kappa shape index (κ3) is 2.19. The number of hydrogen-bond acceptors (Lipinski definition) is 3. The van der Waals surface area contributed by atoms with Crippen molar-refractivity contribution in [3.8, 4) is 11.3 Å². The van der Waals surface area contributed by atoms with Crippen molar-refractivity contribution >= 4 is 27.3 Å². The van der Waals surface area contributed by atoms with E-state index < -0.39 is 0 Å². The Balaban J connectivity index is 2.61. The van der Waals surface area contributed by atoms with Crippen LogP contribution < -0.4 is 0 Å². The number of aliphatic hydroxyl groups excluding tert-OH is 1. The van der Waals surface area contributed by atoms with Crippen LogP contribution in [-0.4, -0.2) is 10.1 Å². The van der Waals surface area contributed by atoms with Gasteiger partial charge in [0.1, 0.15) is 0 Å². The molecule has 0 bridgehead atoms. The third-order valence-corrected chi connectivity index (χ3v) is 3.95. The van der Waals surface area contributed by atoms with Gasteiger partial charge in [-0.05, 0) is 41.4 Å². The second-order valence-electron chi connectivity index (χ2n) is 3.72. The van der Waals surface area contributed by atoms with Gasteiger partial charge < -0.3 is 5.11 Å². The van der Waals surface area contributed by atoms with Crippen molar-refractivity contribution < 1.29 is 5.11 Å². The monoisotopic (exact) mass is 297 g/mol. The number of halogens is 1. The summed E-state index contributed by atoms with van der Waals surface area (Å²) >= 11 is 4.84. The van der Waals surface area contributed by atoms with Gasteiger partial charge in [0.05, 0.1) is 17.2 Å². The van der Waals surface area contributed by atoms with Crippen molar-refractivity contribution in [2.24, 2.45) is 0 Å². The highest BCUT2D eigenvalue weighted by molar-refractivity contribution is 9.11. The van der Waals surface area contributed by atoms with Gasteiger partial charge in [-0.3, -0.25) is 0 Å². The fourth-order valence-corrected chi connectivity index (χ4v) is 3.05. The Morgan fingerprint density at radius 3 is 2.81 bits per heavy atom. The first-order valence-corrected chi connectivity index (χ1v) is 6.56. The number of aromatic nitrogens is 1. The first-order valence-electron chi connectivity index (χ1n) is 4.95. The van der Waals surface area contributed by atoms with Crippen molar-refractivity contribution in [1.29, 1.82) is 0 Å². The first-order chi connectivity index (χ1) is 7.61. The van der Waals surface area contributed by atoms with Crippen LogP contribution in [0.1, 0.15) is 16.0 Å². The number of aryl methyl sites for hydroxylation is 2. The van der Waals surface area contributed by atoms with Gasteiger partial charge in [0.15, 0.2) is 3.92 Å². The van der Waals surface area contributed by atoms with E-state index in [1.165, 1.54) is 22.5 Å². The number of aliphatic hydroxyl groups is 1. The van der Waals surface area contributed by atoms with E-state index in [1.54, 1.807) is 0 Å². The molecule has 1 aromatic carbocycles. The number of hydrogen-bond donors (Lipinski definition) is 1. The fraction of sp³-hybridized carbons (Fsp3) is 0.250. The number of thiazole rings is 1. The molecule has 0 atom stereocenters. The van der Waals surface area contributed by atoms with Gasteiger partial charge >= 0.3 is 0 Å². The van der Waals surface area contributed by atoms with E-state index in [2.05, 4.69) is 53.0 Å². The summed E-state index contributed by atoms with van der Waals surface area (Å²) in [6.45, 7) is 4.15. The summed E-state index contributed by atoms with van der Waals surface area (Å²) < 4.78 is 0.812. The van der Waals surface area contributed by atoms with E-state index in [0.29, 0.717) is 0 Å². The summed E-state index contributed by atoms with van der Waals surface area (Å²) in [5, 5.41) is 9.30. The smallest absolute Gasteiger partial charge is 0.160 e. The van der Waals surface area contributed by atoms with Gasteiger partial charge in [0.25, 0.3) is 0 Å². The Hall–Kier alpha value is -0.710. The summed E-state index contributed by atoms with van der Waals surface area (Å²) in [4.78, 5) is 5.33. The molecule has 2 nitrogen and oxygen atoms in total. The quantitative estimate of drug-likeness (QED) is 0.917. The second-order valence-corrected chi connectivity index (χ2v) is 6.07.